The van der Waals surface area contributed by atoms with Crippen LogP contribution in [-0.4, -0.2) is 4.43 Å². The number of alkyl halides is 1. The second-order valence-electron chi connectivity index (χ2n) is 4.17. The van der Waals surface area contributed by atoms with Crippen molar-refractivity contribution >= 4 is 22.6 Å². The Bertz CT molecular complexity index is 405. The molecule has 0 atom stereocenters. The minimum absolute atomic E-state index is 1.15. The summed E-state index contributed by atoms with van der Waals surface area (Å²) in [4.78, 5) is 0. The third-order valence-electron chi connectivity index (χ3n) is 3.19. The van der Waals surface area contributed by atoms with Gasteiger partial charge in [0, 0.05) is 4.43 Å². The zero-order valence-electron chi connectivity index (χ0n) is 9.51. The highest BCUT2D eigenvalue weighted by Crippen LogP contribution is 2.33. The maximum absolute atomic E-state index is 3.92. The van der Waals surface area contributed by atoms with Crippen molar-refractivity contribution < 1.29 is 0 Å². The van der Waals surface area contributed by atoms with Crippen LogP contribution in [0.15, 0.2) is 59.3 Å². The van der Waals surface area contributed by atoms with E-state index in [1.165, 1.54) is 36.0 Å². The van der Waals surface area contributed by atoms with Crippen LogP contribution in [-0.2, 0) is 0 Å². The maximum Gasteiger partial charge on any atom is 0.0215 e. The van der Waals surface area contributed by atoms with Crippen molar-refractivity contribution in [1.29, 1.82) is 0 Å². The third kappa shape index (κ3) is 2.40. The summed E-state index contributed by atoms with van der Waals surface area (Å²) in [6, 6.07) is 0. The molecule has 0 unspecified atom stereocenters. The smallest absolute Gasteiger partial charge is 0.0215 e. The van der Waals surface area contributed by atoms with Crippen molar-refractivity contribution in [2.24, 2.45) is 0 Å². The average molecular weight is 324 g/mol. The monoisotopic (exact) mass is 324 g/mol. The van der Waals surface area contributed by atoms with E-state index in [2.05, 4.69) is 53.5 Å². The molecule has 0 aliphatic heterocycles. The lowest BCUT2D eigenvalue weighted by Gasteiger charge is -2.20. The van der Waals surface area contributed by atoms with Gasteiger partial charge in [-0.15, -0.1) is 0 Å². The Balaban J connectivity index is 2.45. The highest BCUT2D eigenvalue weighted by Gasteiger charge is 2.15. The van der Waals surface area contributed by atoms with Gasteiger partial charge in [-0.3, -0.25) is 0 Å². The van der Waals surface area contributed by atoms with Crippen LogP contribution in [0.25, 0.3) is 0 Å². The fourth-order valence-electron chi connectivity index (χ4n) is 2.33. The van der Waals surface area contributed by atoms with Gasteiger partial charge in [0.05, 0.1) is 0 Å². The molecule has 84 valence electrons. The standard InChI is InChI=1S/C15H17I/c1-2-12-7-3-5-9-14(12)15-10-6-4-8-13(15)11-16/h2-3,6-7,10H,1,4-5,8-9,11H2. The summed E-state index contributed by atoms with van der Waals surface area (Å²) in [6.07, 6.45) is 15.8. The van der Waals surface area contributed by atoms with Crippen LogP contribution in [0.1, 0.15) is 25.7 Å². The Labute approximate surface area is 112 Å². The van der Waals surface area contributed by atoms with Crippen molar-refractivity contribution in [2.75, 3.05) is 4.43 Å². The predicted octanol–water partition coefficient (Wildman–Crippen LogP) is 4.90. The molecule has 0 spiro atoms. The average Bonchev–Trinajstić information content (AvgIpc) is 2.38. The Hall–Kier alpha value is -0.570. The van der Waals surface area contributed by atoms with E-state index in [0.29, 0.717) is 0 Å². The summed E-state index contributed by atoms with van der Waals surface area (Å²) in [5.74, 6) is 0. The van der Waals surface area contributed by atoms with Crippen molar-refractivity contribution in [1.82, 2.24) is 0 Å². The summed E-state index contributed by atoms with van der Waals surface area (Å²) >= 11 is 2.48. The highest BCUT2D eigenvalue weighted by molar-refractivity contribution is 14.1. The highest BCUT2D eigenvalue weighted by atomic mass is 127. The van der Waals surface area contributed by atoms with Crippen molar-refractivity contribution in [3.05, 3.63) is 59.3 Å². The largest absolute Gasteiger partial charge is 0.0985 e. The van der Waals surface area contributed by atoms with Gasteiger partial charge in [0.25, 0.3) is 0 Å². The lowest BCUT2D eigenvalue weighted by molar-refractivity contribution is 0.911. The maximum atomic E-state index is 3.92. The van der Waals surface area contributed by atoms with Gasteiger partial charge in [-0.25, -0.2) is 0 Å². The summed E-state index contributed by atoms with van der Waals surface area (Å²) in [7, 11) is 0. The summed E-state index contributed by atoms with van der Waals surface area (Å²) in [6.45, 7) is 3.92. The predicted molar refractivity (Wildman–Crippen MR) is 79.9 cm³/mol. The molecule has 0 fully saturated rings. The normalized spacial score (nSPS) is 20.6. The van der Waals surface area contributed by atoms with Gasteiger partial charge in [-0.1, -0.05) is 65.1 Å². The van der Waals surface area contributed by atoms with Crippen LogP contribution in [0.3, 0.4) is 0 Å². The molecule has 0 bridgehead atoms. The van der Waals surface area contributed by atoms with Gasteiger partial charge in [0.1, 0.15) is 0 Å². The topological polar surface area (TPSA) is 0 Å². The van der Waals surface area contributed by atoms with Gasteiger partial charge >= 0.3 is 0 Å². The minimum Gasteiger partial charge on any atom is -0.0985 e. The lowest BCUT2D eigenvalue weighted by Crippen LogP contribution is -2.03. The van der Waals surface area contributed by atoms with Crippen LogP contribution in [0.2, 0.25) is 0 Å². The molecule has 0 N–H and O–H groups in total. The van der Waals surface area contributed by atoms with Gasteiger partial charge in [0.2, 0.25) is 0 Å². The second-order valence-corrected chi connectivity index (χ2v) is 4.93. The zero-order chi connectivity index (χ0) is 11.4. The Morgan fingerprint density at radius 1 is 1.19 bits per heavy atom. The molecule has 0 nitrogen and oxygen atoms in total. The third-order valence-corrected chi connectivity index (χ3v) is 4.11. The number of halogens is 1. The molecule has 2 rings (SSSR count). The van der Waals surface area contributed by atoms with E-state index >= 15 is 0 Å². The van der Waals surface area contributed by atoms with Crippen LogP contribution >= 0.6 is 22.6 Å². The summed E-state index contributed by atoms with van der Waals surface area (Å²) in [5, 5.41) is 0. The quantitative estimate of drug-likeness (QED) is 0.512. The molecule has 0 amide bonds. The van der Waals surface area contributed by atoms with Crippen molar-refractivity contribution in [3.8, 4) is 0 Å². The lowest BCUT2D eigenvalue weighted by atomic mass is 9.86. The molecule has 0 heterocycles. The molecular weight excluding hydrogens is 307 g/mol. The Kier molecular flexibility index (Phi) is 4.22. The van der Waals surface area contributed by atoms with E-state index in [-0.39, 0.29) is 0 Å². The van der Waals surface area contributed by atoms with Crippen LogP contribution < -0.4 is 0 Å². The fraction of sp³-hybridized carbons (Fsp3) is 0.333. The molecule has 0 aromatic heterocycles. The van der Waals surface area contributed by atoms with Crippen LogP contribution in [0, 0.1) is 0 Å². The van der Waals surface area contributed by atoms with E-state index in [4.69, 9.17) is 0 Å². The summed E-state index contributed by atoms with van der Waals surface area (Å²) < 4.78 is 1.15. The van der Waals surface area contributed by atoms with E-state index in [0.717, 1.165) is 10.8 Å². The van der Waals surface area contributed by atoms with Gasteiger partial charge < -0.3 is 0 Å². The number of allylic oxidation sites excluding steroid dienone is 9. The molecule has 0 saturated carbocycles. The summed E-state index contributed by atoms with van der Waals surface area (Å²) in [5.41, 5.74) is 5.91. The number of hydrogen-bond donors (Lipinski definition) is 0. The molecule has 0 saturated heterocycles. The SMILES string of the molecule is C=CC1=C(C2=C(CI)CCC=C2)CCC=C1. The first-order chi connectivity index (χ1) is 7.86. The van der Waals surface area contributed by atoms with Gasteiger partial charge in [0.15, 0.2) is 0 Å². The zero-order valence-corrected chi connectivity index (χ0v) is 11.7. The first-order valence-corrected chi connectivity index (χ1v) is 7.36. The van der Waals surface area contributed by atoms with Crippen LogP contribution in [0.4, 0.5) is 0 Å². The van der Waals surface area contributed by atoms with E-state index < -0.39 is 0 Å². The molecule has 0 aromatic carbocycles. The number of hydrogen-bond acceptors (Lipinski definition) is 0. The Morgan fingerprint density at radius 2 is 1.94 bits per heavy atom. The van der Waals surface area contributed by atoms with Gasteiger partial charge in [-0.2, -0.15) is 0 Å². The van der Waals surface area contributed by atoms with Gasteiger partial charge in [-0.05, 0) is 42.4 Å². The minimum atomic E-state index is 1.15. The first-order valence-electron chi connectivity index (χ1n) is 5.84. The van der Waals surface area contributed by atoms with E-state index in [1.807, 2.05) is 6.08 Å². The fourth-order valence-corrected chi connectivity index (χ4v) is 3.12. The Morgan fingerprint density at radius 3 is 2.69 bits per heavy atom. The molecule has 16 heavy (non-hydrogen) atoms. The van der Waals surface area contributed by atoms with E-state index in [9.17, 15) is 0 Å². The van der Waals surface area contributed by atoms with Crippen LogP contribution in [0.5, 0.6) is 0 Å². The van der Waals surface area contributed by atoms with Crippen molar-refractivity contribution in [2.45, 2.75) is 25.7 Å². The first kappa shape index (κ1) is 11.9. The molecule has 0 radical (unpaired) electrons. The molecule has 0 aromatic rings. The number of rotatable bonds is 3. The molecule has 2 aliphatic rings. The molecule has 2 aliphatic carbocycles. The molecule has 1 heteroatoms. The van der Waals surface area contributed by atoms with E-state index in [1.54, 1.807) is 5.57 Å². The molecular formula is C15H17I. The second kappa shape index (κ2) is 5.67. The van der Waals surface area contributed by atoms with Crippen molar-refractivity contribution in [3.63, 3.8) is 0 Å².